The van der Waals surface area contributed by atoms with Crippen molar-refractivity contribution in [2.75, 3.05) is 45.5 Å². The number of rotatable bonds is 6. The van der Waals surface area contributed by atoms with E-state index in [1.165, 1.54) is 5.75 Å². The van der Waals surface area contributed by atoms with Gasteiger partial charge in [-0.15, -0.1) is 24.0 Å². The van der Waals surface area contributed by atoms with Gasteiger partial charge in [0.15, 0.2) is 5.96 Å². The van der Waals surface area contributed by atoms with Crippen LogP contribution in [0.2, 0.25) is 0 Å². The van der Waals surface area contributed by atoms with Crippen molar-refractivity contribution in [3.05, 3.63) is 0 Å². The molecule has 0 aromatic carbocycles. The topological polar surface area (TPSA) is 30.9 Å². The van der Waals surface area contributed by atoms with Gasteiger partial charge in [-0.1, -0.05) is 13.8 Å². The van der Waals surface area contributed by atoms with Crippen LogP contribution in [-0.4, -0.2) is 72.6 Å². The lowest BCUT2D eigenvalue weighted by molar-refractivity contribution is 0.281. The first-order valence-electron chi connectivity index (χ1n) is 8.30. The number of aliphatic imine (C=N–C) groups is 1. The maximum absolute atomic E-state index is 4.83. The Labute approximate surface area is 158 Å². The van der Waals surface area contributed by atoms with Crippen LogP contribution >= 0.6 is 35.7 Å². The second-order valence-corrected chi connectivity index (χ2v) is 7.76. The van der Waals surface area contributed by atoms with Crippen LogP contribution < -0.4 is 5.32 Å². The van der Waals surface area contributed by atoms with Gasteiger partial charge in [0.05, 0.1) is 6.54 Å². The fourth-order valence-electron chi connectivity index (χ4n) is 2.27. The Balaban J connectivity index is 0.00000441. The molecule has 1 unspecified atom stereocenters. The zero-order valence-electron chi connectivity index (χ0n) is 15.1. The van der Waals surface area contributed by atoms with E-state index in [-0.39, 0.29) is 24.0 Å². The second kappa shape index (κ2) is 11.8. The fraction of sp³-hybridized carbons (Fsp3) is 0.938. The number of halogens is 1. The van der Waals surface area contributed by atoms with Gasteiger partial charge in [-0.3, -0.25) is 4.99 Å². The minimum absolute atomic E-state index is 0. The summed E-state index contributed by atoms with van der Waals surface area (Å²) in [6.07, 6.45) is 0. The number of hydrogen-bond donors (Lipinski definition) is 1. The Morgan fingerprint density at radius 2 is 2.05 bits per heavy atom. The molecule has 1 rings (SSSR count). The molecule has 1 aliphatic rings. The minimum atomic E-state index is 0. The highest BCUT2D eigenvalue weighted by Gasteiger charge is 2.24. The van der Waals surface area contributed by atoms with Crippen molar-refractivity contribution in [1.82, 2.24) is 15.1 Å². The molecule has 1 heterocycles. The molecule has 0 radical (unpaired) electrons. The lowest BCUT2D eigenvalue weighted by Gasteiger charge is -2.36. The first-order valence-corrected chi connectivity index (χ1v) is 9.35. The van der Waals surface area contributed by atoms with E-state index in [0.717, 1.165) is 49.9 Å². The molecule has 0 saturated carbocycles. The molecular formula is C16H35IN4S. The molecule has 0 aromatic heterocycles. The average molecular weight is 442 g/mol. The maximum atomic E-state index is 4.83. The van der Waals surface area contributed by atoms with Gasteiger partial charge in [-0.05, 0) is 33.7 Å². The highest BCUT2D eigenvalue weighted by molar-refractivity contribution is 14.0. The zero-order valence-corrected chi connectivity index (χ0v) is 18.3. The molecule has 132 valence electrons. The van der Waals surface area contributed by atoms with Gasteiger partial charge < -0.3 is 15.1 Å². The smallest absolute Gasteiger partial charge is 0.194 e. The Hall–Kier alpha value is 0.310. The number of hydrogen-bond acceptors (Lipinski definition) is 3. The molecule has 0 amide bonds. The molecule has 0 spiro atoms. The zero-order chi connectivity index (χ0) is 15.8. The van der Waals surface area contributed by atoms with Gasteiger partial charge in [0.25, 0.3) is 0 Å². The van der Waals surface area contributed by atoms with Crippen molar-refractivity contribution in [2.24, 2.45) is 10.9 Å². The van der Waals surface area contributed by atoms with Gasteiger partial charge in [-0.25, -0.2) is 0 Å². The second-order valence-electron chi connectivity index (χ2n) is 6.41. The van der Waals surface area contributed by atoms with Crippen LogP contribution in [0.1, 0.15) is 34.6 Å². The van der Waals surface area contributed by atoms with Gasteiger partial charge >= 0.3 is 0 Å². The summed E-state index contributed by atoms with van der Waals surface area (Å²) >= 11 is 2.11. The van der Waals surface area contributed by atoms with Crippen LogP contribution in [0.3, 0.4) is 0 Å². The van der Waals surface area contributed by atoms with Gasteiger partial charge in [0.1, 0.15) is 0 Å². The SMILES string of the molecule is CCNC(=NCCN(C)C(C)C)N1CCSC(C(C)C)C1.I. The van der Waals surface area contributed by atoms with Crippen molar-refractivity contribution in [3.63, 3.8) is 0 Å². The Morgan fingerprint density at radius 3 is 2.59 bits per heavy atom. The predicted octanol–water partition coefficient (Wildman–Crippen LogP) is 2.98. The van der Waals surface area contributed by atoms with Gasteiger partial charge in [0, 0.05) is 43.2 Å². The quantitative estimate of drug-likeness (QED) is 0.389. The highest BCUT2D eigenvalue weighted by Crippen LogP contribution is 2.24. The molecule has 0 bridgehead atoms. The van der Waals surface area contributed by atoms with E-state index < -0.39 is 0 Å². The van der Waals surface area contributed by atoms with Crippen molar-refractivity contribution < 1.29 is 0 Å². The minimum Gasteiger partial charge on any atom is -0.357 e. The summed E-state index contributed by atoms with van der Waals surface area (Å²) in [5, 5.41) is 4.19. The van der Waals surface area contributed by atoms with Crippen LogP contribution in [0.25, 0.3) is 0 Å². The molecule has 0 aromatic rings. The van der Waals surface area contributed by atoms with Gasteiger partial charge in [-0.2, -0.15) is 11.8 Å². The number of nitrogens with one attached hydrogen (secondary N) is 1. The lowest BCUT2D eigenvalue weighted by atomic mass is 10.1. The lowest BCUT2D eigenvalue weighted by Crippen LogP contribution is -2.49. The average Bonchev–Trinajstić information content (AvgIpc) is 2.46. The van der Waals surface area contributed by atoms with E-state index in [2.05, 4.69) is 68.5 Å². The van der Waals surface area contributed by atoms with Crippen LogP contribution in [0.4, 0.5) is 0 Å². The van der Waals surface area contributed by atoms with Crippen LogP contribution in [0.5, 0.6) is 0 Å². The summed E-state index contributed by atoms with van der Waals surface area (Å²) in [5.74, 6) is 3.03. The van der Waals surface area contributed by atoms with Crippen molar-refractivity contribution >= 4 is 41.7 Å². The van der Waals surface area contributed by atoms with Crippen LogP contribution in [0.15, 0.2) is 4.99 Å². The molecule has 1 fully saturated rings. The van der Waals surface area contributed by atoms with E-state index in [0.29, 0.717) is 6.04 Å². The van der Waals surface area contributed by atoms with E-state index in [1.807, 2.05) is 0 Å². The summed E-state index contributed by atoms with van der Waals surface area (Å²) in [7, 11) is 2.17. The van der Waals surface area contributed by atoms with Gasteiger partial charge in [0.2, 0.25) is 0 Å². The summed E-state index contributed by atoms with van der Waals surface area (Å²) in [6, 6.07) is 0.583. The molecule has 22 heavy (non-hydrogen) atoms. The summed E-state index contributed by atoms with van der Waals surface area (Å²) < 4.78 is 0. The van der Waals surface area contributed by atoms with Crippen LogP contribution in [0, 0.1) is 5.92 Å². The number of thioether (sulfide) groups is 1. The molecule has 1 saturated heterocycles. The number of likely N-dealkylation sites (N-methyl/N-ethyl adjacent to an activating group) is 1. The molecule has 1 N–H and O–H groups in total. The normalized spacial score (nSPS) is 19.8. The van der Waals surface area contributed by atoms with Crippen molar-refractivity contribution in [3.8, 4) is 0 Å². The summed E-state index contributed by atoms with van der Waals surface area (Å²) in [6.45, 7) is 16.3. The van der Waals surface area contributed by atoms with E-state index in [1.54, 1.807) is 0 Å². The predicted molar refractivity (Wildman–Crippen MR) is 112 cm³/mol. The fourth-order valence-corrected chi connectivity index (χ4v) is 3.57. The summed E-state index contributed by atoms with van der Waals surface area (Å²) in [4.78, 5) is 9.62. The Morgan fingerprint density at radius 1 is 1.36 bits per heavy atom. The molecule has 6 heteroatoms. The van der Waals surface area contributed by atoms with E-state index in [9.17, 15) is 0 Å². The monoisotopic (exact) mass is 442 g/mol. The Bertz CT molecular complexity index is 323. The first kappa shape index (κ1) is 22.3. The summed E-state index contributed by atoms with van der Waals surface area (Å²) in [5.41, 5.74) is 0. The molecule has 0 aliphatic carbocycles. The highest BCUT2D eigenvalue weighted by atomic mass is 127. The maximum Gasteiger partial charge on any atom is 0.194 e. The molecular weight excluding hydrogens is 407 g/mol. The van der Waals surface area contributed by atoms with E-state index in [4.69, 9.17) is 4.99 Å². The number of nitrogens with zero attached hydrogens (tertiary/aromatic N) is 3. The standard InChI is InChI=1S/C16H34N4S.HI/c1-7-17-16(18-8-9-19(6)14(4)5)20-10-11-21-15(12-20)13(2)3;/h13-15H,7-12H2,1-6H3,(H,17,18);1H. The largest absolute Gasteiger partial charge is 0.357 e. The third-order valence-corrected chi connectivity index (χ3v) is 5.61. The molecule has 1 aliphatic heterocycles. The Kier molecular flexibility index (Phi) is 12.0. The molecule has 1 atom stereocenters. The molecule has 4 nitrogen and oxygen atoms in total. The third kappa shape index (κ3) is 7.73. The van der Waals surface area contributed by atoms with Crippen molar-refractivity contribution in [2.45, 2.75) is 45.9 Å². The third-order valence-electron chi connectivity index (χ3n) is 4.07. The first-order chi connectivity index (χ1) is 9.95. The van der Waals surface area contributed by atoms with Crippen LogP contribution in [-0.2, 0) is 0 Å². The van der Waals surface area contributed by atoms with E-state index >= 15 is 0 Å². The van der Waals surface area contributed by atoms with Crippen molar-refractivity contribution in [1.29, 1.82) is 0 Å². The number of guanidine groups is 1.